The van der Waals surface area contributed by atoms with Crippen molar-refractivity contribution in [1.29, 1.82) is 0 Å². The van der Waals surface area contributed by atoms with Gasteiger partial charge in [-0.25, -0.2) is 9.78 Å². The van der Waals surface area contributed by atoms with E-state index >= 15 is 0 Å². The molecule has 0 saturated heterocycles. The number of amides is 2. The summed E-state index contributed by atoms with van der Waals surface area (Å²) >= 11 is 0. The predicted octanol–water partition coefficient (Wildman–Crippen LogP) is 1.87. The Hall–Kier alpha value is -2.41. The Labute approximate surface area is 142 Å². The van der Waals surface area contributed by atoms with Crippen molar-refractivity contribution in [2.45, 2.75) is 44.9 Å². The molecule has 1 heterocycles. The first-order chi connectivity index (χ1) is 11.6. The molecular formula is C17H25N5O2. The van der Waals surface area contributed by atoms with E-state index in [1.165, 1.54) is 6.33 Å². The van der Waals surface area contributed by atoms with Gasteiger partial charge in [0, 0.05) is 6.54 Å². The third-order valence-electron chi connectivity index (χ3n) is 4.24. The van der Waals surface area contributed by atoms with Crippen LogP contribution in [0.5, 0.6) is 0 Å². The minimum Gasteiger partial charge on any atom is -0.388 e. The molecule has 24 heavy (non-hydrogen) atoms. The van der Waals surface area contributed by atoms with E-state index in [0.29, 0.717) is 19.4 Å². The molecule has 2 rings (SSSR count). The summed E-state index contributed by atoms with van der Waals surface area (Å²) in [6.07, 6.45) is 4.25. The zero-order valence-corrected chi connectivity index (χ0v) is 14.1. The van der Waals surface area contributed by atoms with Crippen molar-refractivity contribution in [3.63, 3.8) is 0 Å². The summed E-state index contributed by atoms with van der Waals surface area (Å²) in [6, 6.07) is 9.13. The molecule has 130 valence electrons. The van der Waals surface area contributed by atoms with E-state index in [2.05, 4.69) is 20.7 Å². The molecule has 0 aliphatic rings. The summed E-state index contributed by atoms with van der Waals surface area (Å²) in [5.74, 6) is 0. The van der Waals surface area contributed by atoms with E-state index < -0.39 is 5.60 Å². The molecule has 1 unspecified atom stereocenters. The number of aliphatic hydroxyl groups is 1. The fraction of sp³-hybridized carbons (Fsp3) is 0.471. The molecule has 0 aliphatic heterocycles. The van der Waals surface area contributed by atoms with Gasteiger partial charge in [-0.15, -0.1) is 0 Å². The van der Waals surface area contributed by atoms with E-state index in [-0.39, 0.29) is 18.6 Å². The second-order valence-corrected chi connectivity index (χ2v) is 5.84. The summed E-state index contributed by atoms with van der Waals surface area (Å²) in [7, 11) is 0. The van der Waals surface area contributed by atoms with Crippen LogP contribution in [-0.2, 0) is 6.54 Å². The topological polar surface area (TPSA) is 92.1 Å². The molecule has 0 radical (unpaired) electrons. The lowest BCUT2D eigenvalue weighted by atomic mass is 9.98. The van der Waals surface area contributed by atoms with Gasteiger partial charge >= 0.3 is 6.03 Å². The fourth-order valence-electron chi connectivity index (χ4n) is 2.39. The van der Waals surface area contributed by atoms with Crippen LogP contribution in [0, 0.1) is 0 Å². The number of urea groups is 1. The first-order valence-corrected chi connectivity index (χ1v) is 8.20. The van der Waals surface area contributed by atoms with Crippen LogP contribution in [0.2, 0.25) is 0 Å². The molecule has 7 nitrogen and oxygen atoms in total. The number of hydrogen-bond acceptors (Lipinski definition) is 4. The summed E-state index contributed by atoms with van der Waals surface area (Å²) in [5.41, 5.74) is 0.107. The number of nitrogens with zero attached hydrogens (tertiary/aromatic N) is 3. The van der Waals surface area contributed by atoms with Crippen LogP contribution in [0.4, 0.5) is 4.79 Å². The van der Waals surface area contributed by atoms with Gasteiger partial charge in [-0.1, -0.05) is 44.2 Å². The highest BCUT2D eigenvalue weighted by molar-refractivity contribution is 5.74. The van der Waals surface area contributed by atoms with Crippen molar-refractivity contribution in [3.8, 4) is 0 Å². The summed E-state index contributed by atoms with van der Waals surface area (Å²) in [5, 5.41) is 20.1. The van der Waals surface area contributed by atoms with Crippen LogP contribution in [0.25, 0.3) is 0 Å². The standard InChI is InChI=1S/C17H25N5O2/c1-3-17(24,4-2)11-19-16(23)21-15(10-22-13-18-12-20-22)14-8-6-5-7-9-14/h5-9,12-13,15,24H,3-4,10-11H2,1-2H3,(H2,19,21,23). The lowest BCUT2D eigenvalue weighted by Gasteiger charge is -2.26. The van der Waals surface area contributed by atoms with E-state index in [9.17, 15) is 9.90 Å². The van der Waals surface area contributed by atoms with Crippen LogP contribution >= 0.6 is 0 Å². The van der Waals surface area contributed by atoms with Crippen LogP contribution in [0.3, 0.4) is 0 Å². The Morgan fingerprint density at radius 2 is 2.00 bits per heavy atom. The smallest absolute Gasteiger partial charge is 0.315 e. The molecule has 3 N–H and O–H groups in total. The Balaban J connectivity index is 2.01. The summed E-state index contributed by atoms with van der Waals surface area (Å²) < 4.78 is 1.67. The lowest BCUT2D eigenvalue weighted by molar-refractivity contribution is 0.0348. The first kappa shape index (κ1) is 17.9. The largest absolute Gasteiger partial charge is 0.388 e. The van der Waals surface area contributed by atoms with Crippen LogP contribution in [-0.4, -0.2) is 38.0 Å². The number of nitrogens with one attached hydrogen (secondary N) is 2. The molecule has 1 aromatic heterocycles. The molecule has 2 amide bonds. The highest BCUT2D eigenvalue weighted by Gasteiger charge is 2.23. The maximum Gasteiger partial charge on any atom is 0.315 e. The minimum atomic E-state index is -0.870. The predicted molar refractivity (Wildman–Crippen MR) is 91.3 cm³/mol. The van der Waals surface area contributed by atoms with Crippen LogP contribution in [0.15, 0.2) is 43.0 Å². The van der Waals surface area contributed by atoms with Gasteiger partial charge in [0.2, 0.25) is 0 Å². The average molecular weight is 331 g/mol. The molecule has 0 bridgehead atoms. The number of rotatable bonds is 8. The van der Waals surface area contributed by atoms with Crippen molar-refractivity contribution in [2.24, 2.45) is 0 Å². The van der Waals surface area contributed by atoms with Gasteiger partial charge in [-0.2, -0.15) is 5.10 Å². The quantitative estimate of drug-likeness (QED) is 0.688. The first-order valence-electron chi connectivity index (χ1n) is 8.20. The highest BCUT2D eigenvalue weighted by atomic mass is 16.3. The van der Waals surface area contributed by atoms with Crippen molar-refractivity contribution in [1.82, 2.24) is 25.4 Å². The van der Waals surface area contributed by atoms with E-state index in [1.54, 1.807) is 11.0 Å². The SMILES string of the molecule is CCC(O)(CC)CNC(=O)NC(Cn1cncn1)c1ccccc1. The molecule has 0 spiro atoms. The van der Waals surface area contributed by atoms with Gasteiger partial charge in [0.25, 0.3) is 0 Å². The number of benzene rings is 1. The fourth-order valence-corrected chi connectivity index (χ4v) is 2.39. The molecule has 1 aromatic carbocycles. The highest BCUT2D eigenvalue weighted by Crippen LogP contribution is 2.15. The maximum atomic E-state index is 12.3. The van der Waals surface area contributed by atoms with E-state index in [1.807, 2.05) is 44.2 Å². The number of carbonyl (C=O) groups is 1. The average Bonchev–Trinajstić information content (AvgIpc) is 3.13. The van der Waals surface area contributed by atoms with E-state index in [0.717, 1.165) is 5.56 Å². The molecular weight excluding hydrogens is 306 g/mol. The zero-order chi connectivity index (χ0) is 17.4. The zero-order valence-electron chi connectivity index (χ0n) is 14.1. The van der Waals surface area contributed by atoms with Crippen molar-refractivity contribution in [2.75, 3.05) is 6.54 Å². The van der Waals surface area contributed by atoms with Crippen molar-refractivity contribution >= 4 is 6.03 Å². The van der Waals surface area contributed by atoms with Gasteiger partial charge in [-0.05, 0) is 18.4 Å². The lowest BCUT2D eigenvalue weighted by Crippen LogP contribution is -2.47. The molecule has 0 saturated carbocycles. The van der Waals surface area contributed by atoms with Crippen molar-refractivity contribution in [3.05, 3.63) is 48.5 Å². The van der Waals surface area contributed by atoms with Gasteiger partial charge in [0.15, 0.2) is 0 Å². The molecule has 1 atom stereocenters. The molecule has 7 heteroatoms. The second-order valence-electron chi connectivity index (χ2n) is 5.84. The summed E-state index contributed by atoms with van der Waals surface area (Å²) in [4.78, 5) is 16.2. The van der Waals surface area contributed by atoms with Gasteiger partial charge in [0.1, 0.15) is 12.7 Å². The Kier molecular flexibility index (Phi) is 6.31. The van der Waals surface area contributed by atoms with Gasteiger partial charge in [0.05, 0.1) is 18.2 Å². The van der Waals surface area contributed by atoms with E-state index in [4.69, 9.17) is 0 Å². The Morgan fingerprint density at radius 1 is 1.29 bits per heavy atom. The molecule has 2 aromatic rings. The maximum absolute atomic E-state index is 12.3. The minimum absolute atomic E-state index is 0.219. The second kappa shape index (κ2) is 8.44. The third kappa shape index (κ3) is 5.06. The van der Waals surface area contributed by atoms with Gasteiger partial charge in [-0.3, -0.25) is 4.68 Å². The van der Waals surface area contributed by atoms with Crippen molar-refractivity contribution < 1.29 is 9.90 Å². The van der Waals surface area contributed by atoms with Gasteiger partial charge < -0.3 is 15.7 Å². The Morgan fingerprint density at radius 3 is 2.58 bits per heavy atom. The van der Waals surface area contributed by atoms with Crippen LogP contribution in [0.1, 0.15) is 38.3 Å². The third-order valence-corrected chi connectivity index (χ3v) is 4.24. The summed E-state index contributed by atoms with van der Waals surface area (Å²) in [6.45, 7) is 4.50. The number of hydrogen-bond donors (Lipinski definition) is 3. The Bertz CT molecular complexity index is 611. The number of carbonyl (C=O) groups excluding carboxylic acids is 1. The monoisotopic (exact) mass is 331 g/mol. The number of aromatic nitrogens is 3. The molecule has 0 aliphatic carbocycles. The van der Waals surface area contributed by atoms with Crippen LogP contribution < -0.4 is 10.6 Å². The normalized spacial score (nSPS) is 12.6. The molecule has 0 fully saturated rings.